The molecular formula is C27H28N2O5. The second-order valence-corrected chi connectivity index (χ2v) is 7.96. The molecule has 0 saturated carbocycles. The highest BCUT2D eigenvalue weighted by molar-refractivity contribution is 6.09. The molecule has 0 radical (unpaired) electrons. The lowest BCUT2D eigenvalue weighted by atomic mass is 10.0. The van der Waals surface area contributed by atoms with Crippen LogP contribution in [0.5, 0.6) is 0 Å². The smallest absolute Gasteiger partial charge is 0.339 e. The summed E-state index contributed by atoms with van der Waals surface area (Å²) in [7, 11) is 2.81. The number of hydrogen-bond donors (Lipinski definition) is 2. The van der Waals surface area contributed by atoms with Gasteiger partial charge in [-0.05, 0) is 60.0 Å². The van der Waals surface area contributed by atoms with E-state index in [1.165, 1.54) is 31.4 Å². The van der Waals surface area contributed by atoms with Gasteiger partial charge in [0.2, 0.25) is 5.91 Å². The maximum atomic E-state index is 12.8. The van der Waals surface area contributed by atoms with Crippen LogP contribution in [0.25, 0.3) is 16.3 Å². The molecule has 0 bridgehead atoms. The van der Waals surface area contributed by atoms with Crippen molar-refractivity contribution in [3.8, 4) is 0 Å². The first-order chi connectivity index (χ1) is 16.3. The van der Waals surface area contributed by atoms with Crippen LogP contribution >= 0.6 is 0 Å². The van der Waals surface area contributed by atoms with E-state index in [0.717, 1.165) is 21.9 Å². The average Bonchev–Trinajstić information content (AvgIpc) is 2.83. The van der Waals surface area contributed by atoms with Crippen LogP contribution in [0.4, 0.5) is 5.69 Å². The van der Waals surface area contributed by atoms with Gasteiger partial charge in [0.1, 0.15) is 0 Å². The van der Waals surface area contributed by atoms with Crippen molar-refractivity contribution in [1.29, 1.82) is 0 Å². The van der Waals surface area contributed by atoms with E-state index in [0.29, 0.717) is 12.2 Å². The number of hydrogen-bond acceptors (Lipinski definition) is 5. The van der Waals surface area contributed by atoms with Gasteiger partial charge in [0.25, 0.3) is 5.91 Å². The van der Waals surface area contributed by atoms with E-state index in [1.54, 1.807) is 7.11 Å². The van der Waals surface area contributed by atoms with Gasteiger partial charge < -0.3 is 20.1 Å². The van der Waals surface area contributed by atoms with Gasteiger partial charge in [0, 0.05) is 24.8 Å². The quantitative estimate of drug-likeness (QED) is 0.383. The van der Waals surface area contributed by atoms with Gasteiger partial charge in [0.15, 0.2) is 0 Å². The molecule has 0 aliphatic rings. The molecule has 7 nitrogen and oxygen atoms in total. The van der Waals surface area contributed by atoms with Crippen LogP contribution in [0.3, 0.4) is 0 Å². The topological polar surface area (TPSA) is 93.7 Å². The molecule has 0 fully saturated rings. The van der Waals surface area contributed by atoms with Crippen molar-refractivity contribution in [2.45, 2.75) is 19.9 Å². The predicted octanol–water partition coefficient (Wildman–Crippen LogP) is 4.43. The minimum Gasteiger partial charge on any atom is -0.465 e. The number of anilines is 1. The Hall–Kier alpha value is -3.97. The fourth-order valence-corrected chi connectivity index (χ4v) is 3.56. The zero-order valence-corrected chi connectivity index (χ0v) is 19.7. The van der Waals surface area contributed by atoms with E-state index in [2.05, 4.69) is 10.6 Å². The van der Waals surface area contributed by atoms with Gasteiger partial charge in [0.05, 0.1) is 25.0 Å². The summed E-state index contributed by atoms with van der Waals surface area (Å²) in [6.07, 6.45) is 1.46. The maximum Gasteiger partial charge on any atom is 0.339 e. The predicted molar refractivity (Wildman–Crippen MR) is 133 cm³/mol. The molecule has 0 saturated heterocycles. The lowest BCUT2D eigenvalue weighted by Crippen LogP contribution is -2.35. The molecule has 7 heteroatoms. The van der Waals surface area contributed by atoms with E-state index in [9.17, 15) is 14.4 Å². The number of benzene rings is 3. The Morgan fingerprint density at radius 2 is 1.65 bits per heavy atom. The molecule has 0 aliphatic carbocycles. The molecule has 0 aromatic heterocycles. The molecule has 176 valence electrons. The fraction of sp³-hybridized carbons (Fsp3) is 0.222. The summed E-state index contributed by atoms with van der Waals surface area (Å²) in [4.78, 5) is 37.6. The van der Waals surface area contributed by atoms with Crippen LogP contribution in [0.15, 0.2) is 66.7 Å². The van der Waals surface area contributed by atoms with Crippen LogP contribution in [0.2, 0.25) is 0 Å². The van der Waals surface area contributed by atoms with Gasteiger partial charge in [-0.25, -0.2) is 4.79 Å². The number of methoxy groups -OCH3 is 2. The molecule has 1 unspecified atom stereocenters. The molecule has 0 spiro atoms. The lowest BCUT2D eigenvalue weighted by Gasteiger charge is -2.15. The Balaban J connectivity index is 1.85. The minimum absolute atomic E-state index is 0.147. The third-order valence-electron chi connectivity index (χ3n) is 5.29. The zero-order valence-electron chi connectivity index (χ0n) is 19.7. The van der Waals surface area contributed by atoms with Crippen LogP contribution in [-0.4, -0.2) is 44.7 Å². The van der Waals surface area contributed by atoms with E-state index in [-0.39, 0.29) is 23.2 Å². The molecule has 34 heavy (non-hydrogen) atoms. The summed E-state index contributed by atoms with van der Waals surface area (Å²) < 4.78 is 9.86. The number of fused-ring (bicyclic) bond motifs is 1. The van der Waals surface area contributed by atoms with Crippen LogP contribution in [0.1, 0.15) is 40.1 Å². The standard InChI is InChI=1S/C27H28N2O5/c1-17(20-10-9-19-7-5-6-8-21(19)14-20)13-25(30)29-24-15-22(11-12-23(24)27(32)34-4)26(31)28-18(2)16-33-3/h5-15,18H,16H2,1-4H3,(H,28,31)(H,29,30)/b17-13-. The fourth-order valence-electron chi connectivity index (χ4n) is 3.56. The Bertz CT molecular complexity index is 1250. The third kappa shape index (κ3) is 6.08. The third-order valence-corrected chi connectivity index (χ3v) is 5.29. The summed E-state index contributed by atoms with van der Waals surface area (Å²) in [5, 5.41) is 7.70. The number of carbonyl (C=O) groups excluding carboxylic acids is 3. The van der Waals surface area contributed by atoms with Gasteiger partial charge in [-0.15, -0.1) is 0 Å². The zero-order chi connectivity index (χ0) is 24.7. The van der Waals surface area contributed by atoms with Gasteiger partial charge in [-0.1, -0.05) is 36.4 Å². The number of carbonyl (C=O) groups is 3. The van der Waals surface area contributed by atoms with Crippen LogP contribution in [-0.2, 0) is 14.3 Å². The van der Waals surface area contributed by atoms with E-state index in [4.69, 9.17) is 9.47 Å². The van der Waals surface area contributed by atoms with Crippen molar-refractivity contribution in [3.63, 3.8) is 0 Å². The monoisotopic (exact) mass is 460 g/mol. The first-order valence-corrected chi connectivity index (χ1v) is 10.8. The number of esters is 1. The molecule has 0 aliphatic heterocycles. The summed E-state index contributed by atoms with van der Waals surface area (Å²) in [5.74, 6) is -1.40. The van der Waals surface area contributed by atoms with E-state index >= 15 is 0 Å². The van der Waals surface area contributed by atoms with Gasteiger partial charge in [-0.3, -0.25) is 9.59 Å². The highest BCUT2D eigenvalue weighted by Crippen LogP contribution is 2.23. The molecule has 1 atom stereocenters. The van der Waals surface area contributed by atoms with Crippen molar-refractivity contribution in [1.82, 2.24) is 5.32 Å². The number of rotatable bonds is 8. The second kappa shape index (κ2) is 11.2. The van der Waals surface area contributed by atoms with Crippen molar-refractivity contribution >= 4 is 39.8 Å². The molecular weight excluding hydrogens is 432 g/mol. The van der Waals surface area contributed by atoms with Crippen molar-refractivity contribution < 1.29 is 23.9 Å². The largest absolute Gasteiger partial charge is 0.465 e. The Labute approximate surface area is 198 Å². The van der Waals surface area contributed by atoms with Gasteiger partial charge >= 0.3 is 5.97 Å². The molecule has 0 heterocycles. The van der Waals surface area contributed by atoms with Crippen LogP contribution in [0, 0.1) is 0 Å². The normalized spacial score (nSPS) is 12.2. The number of ether oxygens (including phenoxy) is 2. The number of allylic oxidation sites excluding steroid dienone is 1. The SMILES string of the molecule is COCC(C)NC(=O)c1ccc(C(=O)OC)c(NC(=O)/C=C(/C)c2ccc3ccccc3c2)c1. The highest BCUT2D eigenvalue weighted by Gasteiger charge is 2.18. The first kappa shape index (κ1) is 24.7. The summed E-state index contributed by atoms with van der Waals surface area (Å²) >= 11 is 0. The first-order valence-electron chi connectivity index (χ1n) is 10.8. The molecule has 2 amide bonds. The average molecular weight is 461 g/mol. The summed E-state index contributed by atoms with van der Waals surface area (Å²) in [6.45, 7) is 4.01. The number of amides is 2. The van der Waals surface area contributed by atoms with Crippen molar-refractivity contribution in [2.24, 2.45) is 0 Å². The minimum atomic E-state index is -0.620. The van der Waals surface area contributed by atoms with Gasteiger partial charge in [-0.2, -0.15) is 0 Å². The van der Waals surface area contributed by atoms with Crippen molar-refractivity contribution in [2.75, 3.05) is 26.1 Å². The van der Waals surface area contributed by atoms with E-state index < -0.39 is 11.9 Å². The molecule has 3 aromatic carbocycles. The lowest BCUT2D eigenvalue weighted by molar-refractivity contribution is -0.111. The second-order valence-electron chi connectivity index (χ2n) is 7.96. The summed E-state index contributed by atoms with van der Waals surface area (Å²) in [6, 6.07) is 18.2. The molecule has 3 rings (SSSR count). The van der Waals surface area contributed by atoms with Crippen molar-refractivity contribution in [3.05, 3.63) is 83.4 Å². The number of nitrogens with one attached hydrogen (secondary N) is 2. The van der Waals surface area contributed by atoms with E-state index in [1.807, 2.05) is 56.3 Å². The Kier molecular flexibility index (Phi) is 8.16. The summed E-state index contributed by atoms with van der Waals surface area (Å²) in [5.41, 5.74) is 2.29. The van der Waals surface area contributed by atoms with Crippen LogP contribution < -0.4 is 10.6 Å². The highest BCUT2D eigenvalue weighted by atomic mass is 16.5. The maximum absolute atomic E-state index is 12.8. The Morgan fingerprint density at radius 3 is 2.35 bits per heavy atom. The molecule has 3 aromatic rings. The molecule has 2 N–H and O–H groups in total. The Morgan fingerprint density at radius 1 is 0.941 bits per heavy atom.